The third kappa shape index (κ3) is 2.91. The van der Waals surface area contributed by atoms with E-state index in [1.165, 1.54) is 19.3 Å². The quantitative estimate of drug-likeness (QED) is 0.828. The second-order valence-corrected chi connectivity index (χ2v) is 4.77. The van der Waals surface area contributed by atoms with Crippen LogP contribution in [0.15, 0.2) is 10.8 Å². The molecule has 0 aliphatic heterocycles. The summed E-state index contributed by atoms with van der Waals surface area (Å²) in [7, 11) is 0. The van der Waals surface area contributed by atoms with E-state index in [-0.39, 0.29) is 0 Å². The molecule has 1 fully saturated rings. The van der Waals surface area contributed by atoms with Gasteiger partial charge in [0, 0.05) is 0 Å². The maximum absolute atomic E-state index is 5.85. The Labute approximate surface area is 98.4 Å². The number of hydrogen-bond donors (Lipinski definition) is 0. The molecule has 0 N–H and O–H groups in total. The second-order valence-electron chi connectivity index (χ2n) is 3.96. The van der Waals surface area contributed by atoms with Crippen LogP contribution in [0.5, 0.6) is 5.88 Å². The first-order valence-corrected chi connectivity index (χ1v) is 6.21. The van der Waals surface area contributed by atoms with Crippen LogP contribution in [0.4, 0.5) is 0 Å². The van der Waals surface area contributed by atoms with Crippen molar-refractivity contribution >= 4 is 15.9 Å². The predicted molar refractivity (Wildman–Crippen MR) is 62.0 cm³/mol. The Hall–Kier alpha value is -0.640. The Morgan fingerprint density at radius 3 is 2.73 bits per heavy atom. The molecular weight excluding hydrogens is 256 g/mol. The van der Waals surface area contributed by atoms with Gasteiger partial charge in [-0.05, 0) is 48.5 Å². The first kappa shape index (κ1) is 10.9. The zero-order chi connectivity index (χ0) is 10.7. The van der Waals surface area contributed by atoms with Crippen molar-refractivity contribution in [1.82, 2.24) is 9.97 Å². The highest BCUT2D eigenvalue weighted by Gasteiger charge is 2.16. The highest BCUT2D eigenvalue weighted by molar-refractivity contribution is 9.10. The molecule has 15 heavy (non-hydrogen) atoms. The standard InChI is InChI=1S/C11H15BrN2O/c1-8-11(13-7-10(12)14-8)15-9-5-3-2-4-6-9/h7,9H,2-6H2,1H3. The van der Waals surface area contributed by atoms with Crippen molar-refractivity contribution in [2.24, 2.45) is 0 Å². The normalized spacial score (nSPS) is 17.7. The SMILES string of the molecule is Cc1nc(Br)cnc1OC1CCCCC1. The number of nitrogens with zero attached hydrogens (tertiary/aromatic N) is 2. The lowest BCUT2D eigenvalue weighted by Gasteiger charge is -2.22. The van der Waals surface area contributed by atoms with Crippen molar-refractivity contribution < 1.29 is 4.74 Å². The molecule has 0 spiro atoms. The van der Waals surface area contributed by atoms with Crippen molar-refractivity contribution in [1.29, 1.82) is 0 Å². The summed E-state index contributed by atoms with van der Waals surface area (Å²) >= 11 is 3.29. The maximum atomic E-state index is 5.85. The number of ether oxygens (including phenoxy) is 1. The molecule has 1 heterocycles. The van der Waals surface area contributed by atoms with Gasteiger partial charge in [-0.3, -0.25) is 0 Å². The van der Waals surface area contributed by atoms with E-state index >= 15 is 0 Å². The third-order valence-corrected chi connectivity index (χ3v) is 3.08. The summed E-state index contributed by atoms with van der Waals surface area (Å²) in [6, 6.07) is 0. The lowest BCUT2D eigenvalue weighted by Crippen LogP contribution is -2.20. The minimum absolute atomic E-state index is 0.341. The molecule has 0 radical (unpaired) electrons. The van der Waals surface area contributed by atoms with Gasteiger partial charge in [-0.1, -0.05) is 6.42 Å². The van der Waals surface area contributed by atoms with Gasteiger partial charge in [0.1, 0.15) is 16.4 Å². The van der Waals surface area contributed by atoms with Gasteiger partial charge in [0.15, 0.2) is 0 Å². The smallest absolute Gasteiger partial charge is 0.235 e. The van der Waals surface area contributed by atoms with Gasteiger partial charge in [-0.15, -0.1) is 0 Å². The molecular formula is C11H15BrN2O. The minimum Gasteiger partial charge on any atom is -0.473 e. The third-order valence-electron chi connectivity index (χ3n) is 2.70. The molecule has 0 amide bonds. The molecule has 0 aromatic carbocycles. The second kappa shape index (κ2) is 4.92. The molecule has 82 valence electrons. The summed E-state index contributed by atoms with van der Waals surface area (Å²) in [6.45, 7) is 1.93. The fourth-order valence-corrected chi connectivity index (χ4v) is 2.27. The molecule has 3 nitrogen and oxygen atoms in total. The van der Waals surface area contributed by atoms with Crippen molar-refractivity contribution in [3.8, 4) is 5.88 Å². The first-order valence-electron chi connectivity index (χ1n) is 5.41. The summed E-state index contributed by atoms with van der Waals surface area (Å²) in [5.41, 5.74) is 0.856. The van der Waals surface area contributed by atoms with Crippen molar-refractivity contribution in [2.75, 3.05) is 0 Å². The molecule has 0 bridgehead atoms. The topological polar surface area (TPSA) is 35.0 Å². The Kier molecular flexibility index (Phi) is 3.57. The molecule has 1 aliphatic carbocycles. The van der Waals surface area contributed by atoms with Crippen LogP contribution in [0.25, 0.3) is 0 Å². The van der Waals surface area contributed by atoms with Crippen LogP contribution >= 0.6 is 15.9 Å². The zero-order valence-electron chi connectivity index (χ0n) is 8.87. The van der Waals surface area contributed by atoms with E-state index in [1.807, 2.05) is 6.92 Å². The van der Waals surface area contributed by atoms with E-state index in [1.54, 1.807) is 6.20 Å². The Morgan fingerprint density at radius 1 is 1.33 bits per heavy atom. The number of halogens is 1. The van der Waals surface area contributed by atoms with Gasteiger partial charge in [0.2, 0.25) is 5.88 Å². The van der Waals surface area contributed by atoms with E-state index < -0.39 is 0 Å². The van der Waals surface area contributed by atoms with Crippen LogP contribution < -0.4 is 4.74 Å². The molecule has 1 saturated carbocycles. The summed E-state index contributed by atoms with van der Waals surface area (Å²) in [5, 5.41) is 0. The lowest BCUT2D eigenvalue weighted by atomic mass is 9.98. The van der Waals surface area contributed by atoms with Crippen LogP contribution in [0.3, 0.4) is 0 Å². The largest absolute Gasteiger partial charge is 0.473 e. The predicted octanol–water partition coefficient (Wildman–Crippen LogP) is 3.26. The first-order chi connectivity index (χ1) is 7.25. The van der Waals surface area contributed by atoms with Gasteiger partial charge >= 0.3 is 0 Å². The Balaban J connectivity index is 2.03. The van der Waals surface area contributed by atoms with E-state index in [9.17, 15) is 0 Å². The maximum Gasteiger partial charge on any atom is 0.235 e. The van der Waals surface area contributed by atoms with Crippen molar-refractivity contribution in [2.45, 2.75) is 45.1 Å². The molecule has 1 aromatic rings. The number of aryl methyl sites for hydroxylation is 1. The molecule has 0 saturated heterocycles. The summed E-state index contributed by atoms with van der Waals surface area (Å²) < 4.78 is 6.61. The molecule has 0 atom stereocenters. The van der Waals surface area contributed by atoms with Gasteiger partial charge in [-0.2, -0.15) is 0 Å². The van der Waals surface area contributed by atoms with Crippen molar-refractivity contribution in [3.05, 3.63) is 16.5 Å². The van der Waals surface area contributed by atoms with Crippen LogP contribution in [0.2, 0.25) is 0 Å². The van der Waals surface area contributed by atoms with E-state index in [2.05, 4.69) is 25.9 Å². The highest BCUT2D eigenvalue weighted by Crippen LogP contribution is 2.23. The Bertz CT molecular complexity index is 337. The van der Waals surface area contributed by atoms with Gasteiger partial charge in [0.05, 0.1) is 6.20 Å². The molecule has 1 aliphatic rings. The molecule has 2 rings (SSSR count). The zero-order valence-corrected chi connectivity index (χ0v) is 10.5. The van der Waals surface area contributed by atoms with Crippen LogP contribution in [-0.2, 0) is 0 Å². The highest BCUT2D eigenvalue weighted by atomic mass is 79.9. The van der Waals surface area contributed by atoms with E-state index in [0.717, 1.165) is 23.1 Å². The van der Waals surface area contributed by atoms with Gasteiger partial charge in [0.25, 0.3) is 0 Å². The van der Waals surface area contributed by atoms with Gasteiger partial charge in [-0.25, -0.2) is 9.97 Å². The lowest BCUT2D eigenvalue weighted by molar-refractivity contribution is 0.146. The monoisotopic (exact) mass is 270 g/mol. The number of aromatic nitrogens is 2. The average molecular weight is 271 g/mol. The fraction of sp³-hybridized carbons (Fsp3) is 0.636. The number of rotatable bonds is 2. The summed E-state index contributed by atoms with van der Waals surface area (Å²) in [6.07, 6.45) is 8.21. The van der Waals surface area contributed by atoms with E-state index in [0.29, 0.717) is 12.0 Å². The molecule has 4 heteroatoms. The fourth-order valence-electron chi connectivity index (χ4n) is 1.90. The van der Waals surface area contributed by atoms with Crippen LogP contribution in [-0.4, -0.2) is 16.1 Å². The van der Waals surface area contributed by atoms with Crippen LogP contribution in [0, 0.1) is 6.92 Å². The minimum atomic E-state index is 0.341. The van der Waals surface area contributed by atoms with Gasteiger partial charge < -0.3 is 4.74 Å². The average Bonchev–Trinajstić information content (AvgIpc) is 2.24. The number of hydrogen-bond acceptors (Lipinski definition) is 3. The summed E-state index contributed by atoms with van der Waals surface area (Å²) in [4.78, 5) is 8.51. The molecule has 0 unspecified atom stereocenters. The van der Waals surface area contributed by atoms with Crippen molar-refractivity contribution in [3.63, 3.8) is 0 Å². The summed E-state index contributed by atoms with van der Waals surface area (Å²) in [5.74, 6) is 0.685. The van der Waals surface area contributed by atoms with E-state index in [4.69, 9.17) is 4.74 Å². The van der Waals surface area contributed by atoms with Crippen LogP contribution in [0.1, 0.15) is 37.8 Å². The Morgan fingerprint density at radius 2 is 2.07 bits per heavy atom. The molecule has 1 aromatic heterocycles.